The quantitative estimate of drug-likeness (QED) is 0.693. The molecule has 114 valence electrons. The number of carbonyl (C=O) groups excluding carboxylic acids is 1. The Balaban J connectivity index is 2.16. The van der Waals surface area contributed by atoms with Crippen LogP contribution in [0.15, 0.2) is 24.3 Å². The highest BCUT2D eigenvalue weighted by Gasteiger charge is 2.21. The number of hydrogen-bond donors (Lipinski definition) is 1. The van der Waals surface area contributed by atoms with Crippen LogP contribution in [0.25, 0.3) is 5.69 Å². The molecule has 1 N–H and O–H groups in total. The summed E-state index contributed by atoms with van der Waals surface area (Å²) in [6, 6.07) is 8.40. The molecule has 1 aliphatic rings. The Morgan fingerprint density at radius 1 is 1.18 bits per heavy atom. The Kier molecular flexibility index (Phi) is 3.61. The maximum atomic E-state index is 11.9. The molecule has 0 radical (unpaired) electrons. The van der Waals surface area contributed by atoms with Gasteiger partial charge in [0.15, 0.2) is 5.78 Å². The van der Waals surface area contributed by atoms with E-state index in [0.29, 0.717) is 5.56 Å². The van der Waals surface area contributed by atoms with Crippen molar-refractivity contribution in [3.05, 3.63) is 46.8 Å². The van der Waals surface area contributed by atoms with Gasteiger partial charge in [0, 0.05) is 53.2 Å². The van der Waals surface area contributed by atoms with E-state index in [-0.39, 0.29) is 5.78 Å². The summed E-state index contributed by atoms with van der Waals surface area (Å²) >= 11 is 0. The topological polar surface area (TPSA) is 49.1 Å². The summed E-state index contributed by atoms with van der Waals surface area (Å²) in [6.07, 6.45) is 2.53. The molecule has 4 heteroatoms. The summed E-state index contributed by atoms with van der Waals surface area (Å²) in [6.45, 7) is 7.70. The fraction of sp³-hybridized carbons (Fsp3) is 0.333. The lowest BCUT2D eigenvalue weighted by molar-refractivity contribution is 0.101. The average molecular weight is 295 g/mol. The zero-order valence-electron chi connectivity index (χ0n) is 13.3. The summed E-state index contributed by atoms with van der Waals surface area (Å²) < 4.78 is 2.08. The second-order valence-electron chi connectivity index (χ2n) is 5.86. The van der Waals surface area contributed by atoms with Gasteiger partial charge in [0.2, 0.25) is 0 Å². The minimum Gasteiger partial charge on any atom is -0.371 e. The first-order valence-electron chi connectivity index (χ1n) is 7.63. The van der Waals surface area contributed by atoms with Gasteiger partial charge in [0.05, 0.1) is 0 Å². The third-order valence-corrected chi connectivity index (χ3v) is 4.50. The second-order valence-corrected chi connectivity index (χ2v) is 5.86. The van der Waals surface area contributed by atoms with Crippen molar-refractivity contribution in [3.63, 3.8) is 0 Å². The molecule has 1 saturated heterocycles. The highest BCUT2D eigenvalue weighted by atomic mass is 16.1. The van der Waals surface area contributed by atoms with Crippen molar-refractivity contribution < 1.29 is 4.79 Å². The molecule has 22 heavy (non-hydrogen) atoms. The minimum absolute atomic E-state index is 0.0109. The van der Waals surface area contributed by atoms with E-state index in [1.807, 2.05) is 13.8 Å². The molecular formula is C18H21N3O. The van der Waals surface area contributed by atoms with Crippen molar-refractivity contribution in [2.75, 3.05) is 18.0 Å². The van der Waals surface area contributed by atoms with Crippen LogP contribution in [-0.4, -0.2) is 29.7 Å². The van der Waals surface area contributed by atoms with Crippen molar-refractivity contribution in [1.82, 2.24) is 4.57 Å². The standard InChI is InChI=1S/C18H21N3O/c1-12-17(11-19)18(14(3)22)13(2)21(12)16-7-4-6-15(10-16)20-8-5-9-20/h4,6-7,10-11,19H,5,8-9H2,1-3H3. The summed E-state index contributed by atoms with van der Waals surface area (Å²) in [5, 5.41) is 7.64. The van der Waals surface area contributed by atoms with Gasteiger partial charge in [-0.1, -0.05) is 6.07 Å². The first-order valence-corrected chi connectivity index (χ1v) is 7.63. The predicted molar refractivity (Wildman–Crippen MR) is 90.0 cm³/mol. The lowest BCUT2D eigenvalue weighted by atomic mass is 10.1. The molecule has 0 spiro atoms. The van der Waals surface area contributed by atoms with Crippen LogP contribution < -0.4 is 4.90 Å². The van der Waals surface area contributed by atoms with Crippen LogP contribution in [0.1, 0.15) is 40.7 Å². The van der Waals surface area contributed by atoms with Crippen LogP contribution >= 0.6 is 0 Å². The number of rotatable bonds is 4. The zero-order valence-corrected chi connectivity index (χ0v) is 13.3. The van der Waals surface area contributed by atoms with Gasteiger partial charge in [0.25, 0.3) is 0 Å². The fourth-order valence-corrected chi connectivity index (χ4v) is 3.27. The summed E-state index contributed by atoms with van der Waals surface area (Å²) in [5.41, 5.74) is 5.50. The highest BCUT2D eigenvalue weighted by Crippen LogP contribution is 2.29. The molecule has 4 nitrogen and oxygen atoms in total. The van der Waals surface area contributed by atoms with Crippen LogP contribution in [0.2, 0.25) is 0 Å². The van der Waals surface area contributed by atoms with Crippen molar-refractivity contribution in [2.45, 2.75) is 27.2 Å². The number of nitrogens with one attached hydrogen (secondary N) is 1. The number of hydrogen-bond acceptors (Lipinski definition) is 3. The molecule has 2 aromatic rings. The number of Topliss-reactive ketones (excluding diaryl/α,β-unsaturated/α-hetero) is 1. The zero-order chi connectivity index (χ0) is 15.9. The van der Waals surface area contributed by atoms with Gasteiger partial charge >= 0.3 is 0 Å². The monoisotopic (exact) mass is 295 g/mol. The SMILES string of the molecule is CC(=O)c1c(C=N)c(C)n(-c2cccc(N3CCC3)c2)c1C. The minimum atomic E-state index is 0.0109. The molecule has 0 atom stereocenters. The number of carbonyl (C=O) groups is 1. The first-order chi connectivity index (χ1) is 10.5. The summed E-state index contributed by atoms with van der Waals surface area (Å²) in [4.78, 5) is 14.3. The number of benzene rings is 1. The lowest BCUT2D eigenvalue weighted by Crippen LogP contribution is -2.36. The van der Waals surface area contributed by atoms with E-state index in [9.17, 15) is 4.79 Å². The third kappa shape index (κ3) is 2.15. The van der Waals surface area contributed by atoms with Crippen molar-refractivity contribution in [2.24, 2.45) is 0 Å². The van der Waals surface area contributed by atoms with E-state index in [4.69, 9.17) is 5.41 Å². The lowest BCUT2D eigenvalue weighted by Gasteiger charge is -2.33. The van der Waals surface area contributed by atoms with Crippen LogP contribution in [-0.2, 0) is 0 Å². The number of anilines is 1. The molecule has 0 bridgehead atoms. The molecule has 3 rings (SSSR count). The Morgan fingerprint density at radius 3 is 2.36 bits per heavy atom. The number of aromatic nitrogens is 1. The normalized spacial score (nSPS) is 13.9. The van der Waals surface area contributed by atoms with Crippen LogP contribution in [0.5, 0.6) is 0 Å². The van der Waals surface area contributed by atoms with Crippen molar-refractivity contribution in [1.29, 1.82) is 5.41 Å². The molecule has 1 aromatic carbocycles. The maximum Gasteiger partial charge on any atom is 0.162 e. The van der Waals surface area contributed by atoms with Gasteiger partial charge in [-0.2, -0.15) is 0 Å². The van der Waals surface area contributed by atoms with E-state index < -0.39 is 0 Å². The molecule has 0 aliphatic carbocycles. The third-order valence-electron chi connectivity index (χ3n) is 4.50. The molecule has 1 fully saturated rings. The maximum absolute atomic E-state index is 11.9. The first kappa shape index (κ1) is 14.6. The van der Waals surface area contributed by atoms with E-state index in [0.717, 1.165) is 35.7 Å². The Hall–Kier alpha value is -2.36. The predicted octanol–water partition coefficient (Wildman–Crippen LogP) is 3.50. The van der Waals surface area contributed by atoms with Crippen molar-refractivity contribution in [3.8, 4) is 5.69 Å². The number of nitrogens with zero attached hydrogens (tertiary/aromatic N) is 2. The van der Waals surface area contributed by atoms with Crippen LogP contribution in [0.3, 0.4) is 0 Å². The van der Waals surface area contributed by atoms with Crippen LogP contribution in [0.4, 0.5) is 5.69 Å². The van der Waals surface area contributed by atoms with E-state index in [2.05, 4.69) is 33.7 Å². The van der Waals surface area contributed by atoms with Gasteiger partial charge < -0.3 is 14.9 Å². The second kappa shape index (κ2) is 5.44. The van der Waals surface area contributed by atoms with Crippen LogP contribution in [0, 0.1) is 19.3 Å². The Bertz CT molecular complexity index is 754. The molecule has 1 aliphatic heterocycles. The van der Waals surface area contributed by atoms with E-state index in [1.54, 1.807) is 6.92 Å². The Morgan fingerprint density at radius 2 is 1.86 bits per heavy atom. The summed E-state index contributed by atoms with van der Waals surface area (Å²) in [5.74, 6) is 0.0109. The smallest absolute Gasteiger partial charge is 0.162 e. The Labute approximate surface area is 130 Å². The highest BCUT2D eigenvalue weighted by molar-refractivity contribution is 6.04. The molecule has 1 aromatic heterocycles. The molecule has 2 heterocycles. The average Bonchev–Trinajstić information content (AvgIpc) is 2.68. The molecule has 0 unspecified atom stereocenters. The number of ketones is 1. The molecule has 0 saturated carbocycles. The van der Waals surface area contributed by atoms with Gasteiger partial charge in [-0.25, -0.2) is 0 Å². The molecular weight excluding hydrogens is 274 g/mol. The van der Waals surface area contributed by atoms with E-state index >= 15 is 0 Å². The summed E-state index contributed by atoms with van der Waals surface area (Å²) in [7, 11) is 0. The molecule has 0 amide bonds. The van der Waals surface area contributed by atoms with E-state index in [1.165, 1.54) is 18.3 Å². The fourth-order valence-electron chi connectivity index (χ4n) is 3.27. The van der Waals surface area contributed by atoms with Gasteiger partial charge in [-0.3, -0.25) is 4.79 Å². The van der Waals surface area contributed by atoms with Gasteiger partial charge in [-0.15, -0.1) is 0 Å². The van der Waals surface area contributed by atoms with Gasteiger partial charge in [-0.05, 0) is 45.4 Å². The largest absolute Gasteiger partial charge is 0.371 e. The van der Waals surface area contributed by atoms with Crippen molar-refractivity contribution >= 4 is 17.7 Å². The van der Waals surface area contributed by atoms with Gasteiger partial charge in [0.1, 0.15) is 0 Å².